The van der Waals surface area contributed by atoms with Gasteiger partial charge in [0, 0.05) is 6.04 Å². The quantitative estimate of drug-likeness (QED) is 0.654. The van der Waals surface area contributed by atoms with Gasteiger partial charge in [0.25, 0.3) is 0 Å². The summed E-state index contributed by atoms with van der Waals surface area (Å²) in [4.78, 5) is 2.48. The lowest BCUT2D eigenvalue weighted by Gasteiger charge is -2.22. The van der Waals surface area contributed by atoms with Crippen molar-refractivity contribution in [1.82, 2.24) is 4.90 Å². The first kappa shape index (κ1) is 16.2. The fourth-order valence-electron chi connectivity index (χ4n) is 2.09. The average molecular weight is 235 g/mol. The van der Waals surface area contributed by atoms with Gasteiger partial charge in [-0.3, -0.25) is 0 Å². The van der Waals surface area contributed by atoms with Crippen molar-refractivity contribution in [2.45, 2.75) is 46.6 Å². The van der Waals surface area contributed by atoms with E-state index in [1.807, 2.05) is 38.2 Å². The van der Waals surface area contributed by atoms with Crippen LogP contribution < -0.4 is 0 Å². The van der Waals surface area contributed by atoms with Crippen LogP contribution in [0.25, 0.3) is 0 Å². The van der Waals surface area contributed by atoms with Gasteiger partial charge in [-0.1, -0.05) is 50.3 Å². The van der Waals surface area contributed by atoms with Crippen LogP contribution in [0.5, 0.6) is 0 Å². The van der Waals surface area contributed by atoms with E-state index >= 15 is 0 Å². The smallest absolute Gasteiger partial charge is 0.0116 e. The molecule has 0 radical (unpaired) electrons. The van der Waals surface area contributed by atoms with Crippen LogP contribution >= 0.6 is 0 Å². The summed E-state index contributed by atoms with van der Waals surface area (Å²) in [6, 6.07) is 0.866. The molecule has 0 amide bonds. The van der Waals surface area contributed by atoms with Gasteiger partial charge in [0.05, 0.1) is 0 Å². The Morgan fingerprint density at radius 2 is 2.06 bits per heavy atom. The van der Waals surface area contributed by atoms with Crippen LogP contribution in [0.3, 0.4) is 0 Å². The van der Waals surface area contributed by atoms with Crippen LogP contribution in [-0.2, 0) is 0 Å². The fraction of sp³-hybridized carbons (Fsp3) is 0.625. The van der Waals surface area contributed by atoms with Crippen molar-refractivity contribution in [2.75, 3.05) is 13.6 Å². The third-order valence-electron chi connectivity index (χ3n) is 3.22. The number of rotatable bonds is 3. The molecule has 1 fully saturated rings. The summed E-state index contributed by atoms with van der Waals surface area (Å²) in [5.41, 5.74) is 1.20. The number of hydrogen-bond donors (Lipinski definition) is 0. The molecule has 1 heterocycles. The Morgan fingerprint density at radius 1 is 1.41 bits per heavy atom. The molecule has 98 valence electrons. The molecule has 0 aromatic heterocycles. The van der Waals surface area contributed by atoms with Crippen LogP contribution in [0.2, 0.25) is 0 Å². The van der Waals surface area contributed by atoms with Gasteiger partial charge >= 0.3 is 0 Å². The molecule has 17 heavy (non-hydrogen) atoms. The zero-order valence-corrected chi connectivity index (χ0v) is 12.2. The molecule has 1 atom stereocenters. The highest BCUT2D eigenvalue weighted by atomic mass is 15.1. The largest absolute Gasteiger partial charge is 0.303 e. The van der Waals surface area contributed by atoms with E-state index in [4.69, 9.17) is 0 Å². The minimum atomic E-state index is 0.845. The number of hydrogen-bond acceptors (Lipinski definition) is 1. The second-order valence-corrected chi connectivity index (χ2v) is 5.07. The predicted octanol–water partition coefficient (Wildman–Crippen LogP) is 4.43. The van der Waals surface area contributed by atoms with E-state index < -0.39 is 0 Å². The first-order chi connectivity index (χ1) is 8.02. The van der Waals surface area contributed by atoms with Gasteiger partial charge in [-0.25, -0.2) is 0 Å². The molecule has 1 heteroatoms. The van der Waals surface area contributed by atoms with Gasteiger partial charge in [0.15, 0.2) is 0 Å². The Hall–Kier alpha value is -0.820. The lowest BCUT2D eigenvalue weighted by atomic mass is 10.0. The molecule has 1 aliphatic heterocycles. The third-order valence-corrected chi connectivity index (χ3v) is 3.22. The summed E-state index contributed by atoms with van der Waals surface area (Å²) < 4.78 is 0. The summed E-state index contributed by atoms with van der Waals surface area (Å²) in [5, 5.41) is 0. The van der Waals surface area contributed by atoms with E-state index in [2.05, 4.69) is 32.4 Å². The van der Waals surface area contributed by atoms with Crippen LogP contribution in [0.15, 0.2) is 36.5 Å². The van der Waals surface area contributed by atoms with Crippen molar-refractivity contribution < 1.29 is 0 Å². The molecule has 1 aliphatic rings. The van der Waals surface area contributed by atoms with Crippen molar-refractivity contribution in [1.29, 1.82) is 0 Å². The normalized spacial score (nSPS) is 21.8. The lowest BCUT2D eigenvalue weighted by Crippen LogP contribution is -2.29. The highest BCUT2D eigenvalue weighted by molar-refractivity contribution is 5.18. The second-order valence-electron chi connectivity index (χ2n) is 5.07. The molecule has 0 aromatic carbocycles. The summed E-state index contributed by atoms with van der Waals surface area (Å²) >= 11 is 0. The molecular weight excluding hydrogens is 206 g/mol. The molecule has 0 saturated carbocycles. The Kier molecular flexibility index (Phi) is 8.79. The summed E-state index contributed by atoms with van der Waals surface area (Å²) in [6.07, 6.45) is 10.7. The average Bonchev–Trinajstić information content (AvgIpc) is 2.73. The molecule has 0 spiro atoms. The van der Waals surface area contributed by atoms with E-state index in [9.17, 15) is 0 Å². The predicted molar refractivity (Wildman–Crippen MR) is 79.3 cm³/mol. The van der Waals surface area contributed by atoms with Crippen LogP contribution in [0.4, 0.5) is 0 Å². The maximum absolute atomic E-state index is 3.61. The SMILES string of the molecule is C=C/C(C)=C\C=C/C.CC(C)C1CCCN1C. The molecule has 1 saturated heterocycles. The van der Waals surface area contributed by atoms with Crippen molar-refractivity contribution in [3.63, 3.8) is 0 Å². The van der Waals surface area contributed by atoms with Gasteiger partial charge in [-0.05, 0) is 46.2 Å². The fourth-order valence-corrected chi connectivity index (χ4v) is 2.09. The lowest BCUT2D eigenvalue weighted by molar-refractivity contribution is 0.250. The minimum Gasteiger partial charge on any atom is -0.303 e. The van der Waals surface area contributed by atoms with Gasteiger partial charge in [-0.15, -0.1) is 0 Å². The Bertz CT molecular complexity index is 261. The molecule has 0 bridgehead atoms. The molecule has 1 unspecified atom stereocenters. The minimum absolute atomic E-state index is 0.845. The van der Waals surface area contributed by atoms with Crippen LogP contribution in [0.1, 0.15) is 40.5 Å². The van der Waals surface area contributed by atoms with Gasteiger partial charge < -0.3 is 4.90 Å². The Labute approximate surface area is 108 Å². The van der Waals surface area contributed by atoms with E-state index in [1.54, 1.807) is 0 Å². The highest BCUT2D eigenvalue weighted by Crippen LogP contribution is 2.21. The number of allylic oxidation sites excluding steroid dienone is 5. The van der Waals surface area contributed by atoms with Crippen molar-refractivity contribution >= 4 is 0 Å². The topological polar surface area (TPSA) is 3.24 Å². The van der Waals surface area contributed by atoms with Crippen molar-refractivity contribution in [3.8, 4) is 0 Å². The van der Waals surface area contributed by atoms with E-state index in [-0.39, 0.29) is 0 Å². The summed E-state index contributed by atoms with van der Waals surface area (Å²) in [5.74, 6) is 0.845. The number of likely N-dealkylation sites (tertiary alicyclic amines) is 1. The molecule has 0 aliphatic carbocycles. The first-order valence-corrected chi connectivity index (χ1v) is 6.65. The number of nitrogens with zero attached hydrogens (tertiary/aromatic N) is 1. The Morgan fingerprint density at radius 3 is 2.35 bits per heavy atom. The third kappa shape index (κ3) is 7.17. The first-order valence-electron chi connectivity index (χ1n) is 6.65. The van der Waals surface area contributed by atoms with Gasteiger partial charge in [0.1, 0.15) is 0 Å². The van der Waals surface area contributed by atoms with Crippen molar-refractivity contribution in [2.24, 2.45) is 5.92 Å². The molecule has 1 nitrogen and oxygen atoms in total. The highest BCUT2D eigenvalue weighted by Gasteiger charge is 2.22. The van der Waals surface area contributed by atoms with Crippen LogP contribution in [-0.4, -0.2) is 24.5 Å². The maximum Gasteiger partial charge on any atom is 0.0116 e. The Balaban J connectivity index is 0.000000304. The van der Waals surface area contributed by atoms with E-state index in [0.29, 0.717) is 0 Å². The summed E-state index contributed by atoms with van der Waals surface area (Å²) in [6.45, 7) is 13.6. The van der Waals surface area contributed by atoms with E-state index in [1.165, 1.54) is 25.0 Å². The zero-order valence-electron chi connectivity index (χ0n) is 12.2. The zero-order chi connectivity index (χ0) is 13.3. The molecule has 1 rings (SSSR count). The van der Waals surface area contributed by atoms with Gasteiger partial charge in [-0.2, -0.15) is 0 Å². The molecule has 0 N–H and O–H groups in total. The van der Waals surface area contributed by atoms with E-state index in [0.717, 1.165) is 12.0 Å². The molecule has 0 aromatic rings. The second kappa shape index (κ2) is 9.23. The monoisotopic (exact) mass is 235 g/mol. The molecular formula is C16H29N. The maximum atomic E-state index is 3.61. The van der Waals surface area contributed by atoms with Gasteiger partial charge in [0.2, 0.25) is 0 Å². The summed E-state index contributed by atoms with van der Waals surface area (Å²) in [7, 11) is 2.23. The van der Waals surface area contributed by atoms with Crippen molar-refractivity contribution in [3.05, 3.63) is 36.5 Å². The standard InChI is InChI=1S/C8H17N.C8H12/c1-7(2)8-5-4-6-9(8)3;1-4-6-7-8(3)5-2/h7-8H,4-6H2,1-3H3;4-7H,2H2,1,3H3/b;6-4-,8-7-. The van der Waals surface area contributed by atoms with Crippen LogP contribution in [0, 0.1) is 5.92 Å².